The normalized spacial score (nSPS) is 27.6. The van der Waals surface area contributed by atoms with Gasteiger partial charge < -0.3 is 14.8 Å². The molecular weight excluding hydrogens is 178 g/mol. The molecule has 0 aromatic heterocycles. The van der Waals surface area contributed by atoms with Gasteiger partial charge in [0.15, 0.2) is 0 Å². The van der Waals surface area contributed by atoms with Crippen LogP contribution >= 0.6 is 0 Å². The van der Waals surface area contributed by atoms with Gasteiger partial charge in [0, 0.05) is 27.4 Å². The lowest BCUT2D eigenvalue weighted by molar-refractivity contribution is 0.147. The van der Waals surface area contributed by atoms with Gasteiger partial charge in [-0.2, -0.15) is 0 Å². The molecular formula is C11H23NO2. The molecule has 3 heteroatoms. The van der Waals surface area contributed by atoms with E-state index in [4.69, 9.17) is 9.47 Å². The monoisotopic (exact) mass is 201 g/mol. The van der Waals surface area contributed by atoms with E-state index in [0.717, 1.165) is 38.1 Å². The molecule has 14 heavy (non-hydrogen) atoms. The van der Waals surface area contributed by atoms with E-state index in [1.54, 1.807) is 14.2 Å². The van der Waals surface area contributed by atoms with Gasteiger partial charge in [0.1, 0.15) is 0 Å². The summed E-state index contributed by atoms with van der Waals surface area (Å²) in [6.45, 7) is 6.11. The minimum absolute atomic E-state index is 0.717. The highest BCUT2D eigenvalue weighted by atomic mass is 16.5. The first kappa shape index (κ1) is 12.0. The Labute approximate surface area is 87.2 Å². The van der Waals surface area contributed by atoms with Crippen molar-refractivity contribution in [2.24, 2.45) is 17.8 Å². The first-order valence-electron chi connectivity index (χ1n) is 5.48. The Morgan fingerprint density at radius 1 is 1.36 bits per heavy atom. The number of hydrogen-bond acceptors (Lipinski definition) is 3. The molecule has 0 amide bonds. The van der Waals surface area contributed by atoms with Crippen molar-refractivity contribution in [2.75, 3.05) is 40.5 Å². The third-order valence-corrected chi connectivity index (χ3v) is 3.03. The van der Waals surface area contributed by atoms with E-state index in [0.29, 0.717) is 5.92 Å². The summed E-state index contributed by atoms with van der Waals surface area (Å²) in [5.74, 6) is 2.47. The van der Waals surface area contributed by atoms with Crippen LogP contribution in [0, 0.1) is 17.8 Å². The van der Waals surface area contributed by atoms with E-state index in [1.807, 2.05) is 0 Å². The summed E-state index contributed by atoms with van der Waals surface area (Å²) < 4.78 is 10.1. The molecule has 3 atom stereocenters. The summed E-state index contributed by atoms with van der Waals surface area (Å²) in [6, 6.07) is 0. The second-order valence-electron chi connectivity index (χ2n) is 4.29. The van der Waals surface area contributed by atoms with E-state index in [2.05, 4.69) is 12.2 Å². The highest BCUT2D eigenvalue weighted by molar-refractivity contribution is 4.90. The summed E-state index contributed by atoms with van der Waals surface area (Å²) >= 11 is 0. The van der Waals surface area contributed by atoms with Crippen LogP contribution in [0.4, 0.5) is 0 Å². The van der Waals surface area contributed by atoms with Crippen molar-refractivity contribution < 1.29 is 9.47 Å². The van der Waals surface area contributed by atoms with E-state index >= 15 is 0 Å². The summed E-state index contributed by atoms with van der Waals surface area (Å²) in [7, 11) is 3.52. The molecule has 1 rings (SSSR count). The van der Waals surface area contributed by atoms with Crippen LogP contribution in [0.15, 0.2) is 0 Å². The van der Waals surface area contributed by atoms with Gasteiger partial charge in [-0.1, -0.05) is 6.92 Å². The molecule has 1 saturated carbocycles. The van der Waals surface area contributed by atoms with Gasteiger partial charge in [0.2, 0.25) is 0 Å². The molecule has 0 saturated heterocycles. The SMILES string of the molecule is COCCNCC1CC1C(C)COC. The average molecular weight is 201 g/mol. The maximum Gasteiger partial charge on any atom is 0.0587 e. The van der Waals surface area contributed by atoms with Crippen molar-refractivity contribution in [3.05, 3.63) is 0 Å². The second-order valence-corrected chi connectivity index (χ2v) is 4.29. The lowest BCUT2D eigenvalue weighted by Crippen LogP contribution is -2.22. The van der Waals surface area contributed by atoms with E-state index in [-0.39, 0.29) is 0 Å². The van der Waals surface area contributed by atoms with Crippen LogP contribution in [0.1, 0.15) is 13.3 Å². The van der Waals surface area contributed by atoms with Crippen LogP contribution < -0.4 is 5.32 Å². The Kier molecular flexibility index (Phi) is 5.45. The molecule has 0 spiro atoms. The quantitative estimate of drug-likeness (QED) is 0.597. The molecule has 3 nitrogen and oxygen atoms in total. The van der Waals surface area contributed by atoms with Crippen molar-refractivity contribution in [1.29, 1.82) is 0 Å². The van der Waals surface area contributed by atoms with E-state index < -0.39 is 0 Å². The predicted molar refractivity (Wildman–Crippen MR) is 57.4 cm³/mol. The Bertz CT molecular complexity index is 152. The number of hydrogen-bond donors (Lipinski definition) is 1. The van der Waals surface area contributed by atoms with Gasteiger partial charge in [-0.15, -0.1) is 0 Å². The van der Waals surface area contributed by atoms with Crippen LogP contribution in [0.3, 0.4) is 0 Å². The first-order valence-corrected chi connectivity index (χ1v) is 5.48. The molecule has 0 aromatic carbocycles. The molecule has 1 N–H and O–H groups in total. The van der Waals surface area contributed by atoms with Crippen LogP contribution in [0.2, 0.25) is 0 Å². The summed E-state index contributed by atoms with van der Waals surface area (Å²) in [5, 5.41) is 3.41. The van der Waals surface area contributed by atoms with Gasteiger partial charge in [0.25, 0.3) is 0 Å². The molecule has 0 radical (unpaired) electrons. The fraction of sp³-hybridized carbons (Fsp3) is 1.00. The van der Waals surface area contributed by atoms with Gasteiger partial charge in [-0.3, -0.25) is 0 Å². The van der Waals surface area contributed by atoms with Gasteiger partial charge in [-0.05, 0) is 30.7 Å². The third-order valence-electron chi connectivity index (χ3n) is 3.03. The summed E-state index contributed by atoms with van der Waals surface area (Å²) in [6.07, 6.45) is 1.37. The summed E-state index contributed by atoms with van der Waals surface area (Å²) in [4.78, 5) is 0. The molecule has 0 aliphatic heterocycles. The largest absolute Gasteiger partial charge is 0.384 e. The minimum atomic E-state index is 0.717. The first-order chi connectivity index (χ1) is 6.79. The van der Waals surface area contributed by atoms with Crippen LogP contribution in [-0.4, -0.2) is 40.5 Å². The van der Waals surface area contributed by atoms with Crippen molar-refractivity contribution >= 4 is 0 Å². The fourth-order valence-electron chi connectivity index (χ4n) is 2.05. The maximum absolute atomic E-state index is 5.16. The Morgan fingerprint density at radius 2 is 2.14 bits per heavy atom. The highest BCUT2D eigenvalue weighted by Crippen LogP contribution is 2.43. The molecule has 0 bridgehead atoms. The zero-order valence-corrected chi connectivity index (χ0v) is 9.58. The average Bonchev–Trinajstić information content (AvgIpc) is 2.92. The number of methoxy groups -OCH3 is 2. The zero-order chi connectivity index (χ0) is 10.4. The summed E-state index contributed by atoms with van der Waals surface area (Å²) in [5.41, 5.74) is 0. The standard InChI is InChI=1S/C11H23NO2/c1-9(8-14-3)11-6-10(11)7-12-4-5-13-2/h9-12H,4-8H2,1-3H3. The van der Waals surface area contributed by atoms with Crippen molar-refractivity contribution in [2.45, 2.75) is 13.3 Å². The fourth-order valence-corrected chi connectivity index (χ4v) is 2.05. The predicted octanol–water partition coefficient (Wildman–Crippen LogP) is 1.14. The molecule has 0 aromatic rings. The number of ether oxygens (including phenoxy) is 2. The number of rotatable bonds is 8. The van der Waals surface area contributed by atoms with Crippen LogP contribution in [-0.2, 0) is 9.47 Å². The van der Waals surface area contributed by atoms with Gasteiger partial charge in [-0.25, -0.2) is 0 Å². The molecule has 1 fully saturated rings. The minimum Gasteiger partial charge on any atom is -0.384 e. The molecule has 1 aliphatic rings. The Balaban J connectivity index is 1.96. The van der Waals surface area contributed by atoms with Gasteiger partial charge in [0.05, 0.1) is 6.61 Å². The third kappa shape index (κ3) is 3.95. The maximum atomic E-state index is 5.16. The lowest BCUT2D eigenvalue weighted by atomic mass is 10.1. The topological polar surface area (TPSA) is 30.5 Å². The molecule has 0 heterocycles. The van der Waals surface area contributed by atoms with E-state index in [9.17, 15) is 0 Å². The Hall–Kier alpha value is -0.120. The van der Waals surface area contributed by atoms with E-state index in [1.165, 1.54) is 6.42 Å². The van der Waals surface area contributed by atoms with Crippen LogP contribution in [0.25, 0.3) is 0 Å². The molecule has 1 aliphatic carbocycles. The van der Waals surface area contributed by atoms with Gasteiger partial charge >= 0.3 is 0 Å². The zero-order valence-electron chi connectivity index (χ0n) is 9.58. The number of nitrogens with one attached hydrogen (secondary N) is 1. The highest BCUT2D eigenvalue weighted by Gasteiger charge is 2.40. The molecule has 3 unspecified atom stereocenters. The lowest BCUT2D eigenvalue weighted by Gasteiger charge is -2.09. The smallest absolute Gasteiger partial charge is 0.0587 e. The van der Waals surface area contributed by atoms with Crippen LogP contribution in [0.5, 0.6) is 0 Å². The second kappa shape index (κ2) is 6.38. The Morgan fingerprint density at radius 3 is 2.79 bits per heavy atom. The van der Waals surface area contributed by atoms with Crippen molar-refractivity contribution in [3.63, 3.8) is 0 Å². The van der Waals surface area contributed by atoms with Crippen molar-refractivity contribution in [3.8, 4) is 0 Å². The molecule has 84 valence electrons. The van der Waals surface area contributed by atoms with Crippen molar-refractivity contribution in [1.82, 2.24) is 5.32 Å².